The fraction of sp³-hybridized carbons (Fsp3) is 0.0345. The Hall–Kier alpha value is -4.51. The Kier molecular flexibility index (Phi) is 6.25. The third-order valence-electron chi connectivity index (χ3n) is 5.28. The molecule has 0 saturated carbocycles. The van der Waals surface area contributed by atoms with Crippen LogP contribution in [0.25, 0.3) is 16.9 Å². The molecular formula is C29H22FN3O. The molecule has 166 valence electrons. The summed E-state index contributed by atoms with van der Waals surface area (Å²) in [4.78, 5) is 4.75. The van der Waals surface area contributed by atoms with Crippen LogP contribution in [0.5, 0.6) is 5.75 Å². The molecule has 0 saturated heterocycles. The van der Waals surface area contributed by atoms with Gasteiger partial charge in [-0.2, -0.15) is 5.10 Å². The van der Waals surface area contributed by atoms with Crippen LogP contribution in [0.3, 0.4) is 0 Å². The van der Waals surface area contributed by atoms with Crippen LogP contribution in [-0.4, -0.2) is 16.0 Å². The highest BCUT2D eigenvalue weighted by Crippen LogP contribution is 2.26. The number of aliphatic imine (C=N–C) groups is 1. The Morgan fingerprint density at radius 3 is 2.29 bits per heavy atom. The number of halogens is 1. The molecule has 5 heteroatoms. The molecule has 0 radical (unpaired) electrons. The van der Waals surface area contributed by atoms with Crippen LogP contribution >= 0.6 is 0 Å². The topological polar surface area (TPSA) is 39.4 Å². The van der Waals surface area contributed by atoms with Gasteiger partial charge < -0.3 is 4.74 Å². The third kappa shape index (κ3) is 5.10. The van der Waals surface area contributed by atoms with E-state index in [0.717, 1.165) is 39.6 Å². The van der Waals surface area contributed by atoms with E-state index in [2.05, 4.69) is 0 Å². The molecule has 0 aliphatic rings. The van der Waals surface area contributed by atoms with E-state index in [0.29, 0.717) is 6.61 Å². The first-order chi connectivity index (χ1) is 16.7. The highest BCUT2D eigenvalue weighted by molar-refractivity contribution is 5.82. The Labute approximate surface area is 197 Å². The Morgan fingerprint density at radius 2 is 1.53 bits per heavy atom. The monoisotopic (exact) mass is 447 g/mol. The van der Waals surface area contributed by atoms with E-state index < -0.39 is 0 Å². The van der Waals surface area contributed by atoms with E-state index in [-0.39, 0.29) is 5.82 Å². The molecule has 0 fully saturated rings. The second kappa shape index (κ2) is 9.96. The van der Waals surface area contributed by atoms with Crippen LogP contribution in [0.4, 0.5) is 10.2 Å². The largest absolute Gasteiger partial charge is 0.489 e. The van der Waals surface area contributed by atoms with Crippen LogP contribution in [0, 0.1) is 5.82 Å². The van der Waals surface area contributed by atoms with Crippen molar-refractivity contribution < 1.29 is 9.13 Å². The normalized spacial score (nSPS) is 11.1. The van der Waals surface area contributed by atoms with Gasteiger partial charge in [0.2, 0.25) is 0 Å². The standard InChI is InChI=1S/C29H22FN3O/c30-25-16-14-22(15-17-25)21-34-27-13-7-8-23(18-27)20-31-29-19-28(24-9-3-1-4-10-24)32-33(29)26-11-5-2-6-12-26/h1-20H,21H2. The van der Waals surface area contributed by atoms with Gasteiger partial charge in [0.15, 0.2) is 5.82 Å². The van der Waals surface area contributed by atoms with E-state index >= 15 is 0 Å². The van der Waals surface area contributed by atoms with E-state index in [4.69, 9.17) is 14.8 Å². The SMILES string of the molecule is Fc1ccc(COc2cccc(C=Nc3cc(-c4ccccc4)nn3-c3ccccc3)c2)cc1. The van der Waals surface area contributed by atoms with Gasteiger partial charge in [-0.05, 0) is 47.5 Å². The molecule has 0 aliphatic carbocycles. The number of aromatic nitrogens is 2. The van der Waals surface area contributed by atoms with Crippen molar-refractivity contribution in [2.24, 2.45) is 4.99 Å². The molecule has 0 atom stereocenters. The maximum Gasteiger partial charge on any atom is 0.156 e. The Morgan fingerprint density at radius 1 is 0.794 bits per heavy atom. The van der Waals surface area contributed by atoms with Gasteiger partial charge in [-0.1, -0.05) is 72.8 Å². The zero-order valence-corrected chi connectivity index (χ0v) is 18.4. The van der Waals surface area contributed by atoms with Crippen LogP contribution in [0.1, 0.15) is 11.1 Å². The number of rotatable bonds is 7. The maximum atomic E-state index is 13.1. The molecule has 0 amide bonds. The van der Waals surface area contributed by atoms with Crippen molar-refractivity contribution in [1.29, 1.82) is 0 Å². The Bertz CT molecular complexity index is 1390. The van der Waals surface area contributed by atoms with Crippen LogP contribution < -0.4 is 4.74 Å². The third-order valence-corrected chi connectivity index (χ3v) is 5.28. The number of benzene rings is 4. The van der Waals surface area contributed by atoms with Crippen molar-refractivity contribution in [3.63, 3.8) is 0 Å². The summed E-state index contributed by atoms with van der Waals surface area (Å²) in [5.74, 6) is 1.18. The molecule has 34 heavy (non-hydrogen) atoms. The number of hydrogen-bond acceptors (Lipinski definition) is 3. The minimum atomic E-state index is -0.257. The van der Waals surface area contributed by atoms with Gasteiger partial charge >= 0.3 is 0 Å². The van der Waals surface area contributed by atoms with E-state index in [1.165, 1.54) is 12.1 Å². The van der Waals surface area contributed by atoms with E-state index in [1.54, 1.807) is 18.3 Å². The Balaban J connectivity index is 1.39. The molecule has 0 bridgehead atoms. The molecular weight excluding hydrogens is 425 g/mol. The molecule has 1 heterocycles. The molecule has 4 aromatic carbocycles. The summed E-state index contributed by atoms with van der Waals surface area (Å²) in [6, 6.07) is 36.0. The zero-order chi connectivity index (χ0) is 23.2. The van der Waals surface area contributed by atoms with Gasteiger partial charge in [0.1, 0.15) is 18.2 Å². The lowest BCUT2D eigenvalue weighted by atomic mass is 10.2. The minimum absolute atomic E-state index is 0.257. The number of hydrogen-bond donors (Lipinski definition) is 0. The molecule has 0 N–H and O–H groups in total. The van der Waals surface area contributed by atoms with Crippen molar-refractivity contribution in [2.75, 3.05) is 0 Å². The van der Waals surface area contributed by atoms with Gasteiger partial charge in [-0.15, -0.1) is 0 Å². The average Bonchev–Trinajstić information content (AvgIpc) is 3.33. The first-order valence-corrected chi connectivity index (χ1v) is 11.0. The fourth-order valence-electron chi connectivity index (χ4n) is 3.55. The second-order valence-corrected chi connectivity index (χ2v) is 7.75. The van der Waals surface area contributed by atoms with Gasteiger partial charge in [-0.3, -0.25) is 0 Å². The molecule has 1 aromatic heterocycles. The van der Waals surface area contributed by atoms with Crippen molar-refractivity contribution in [1.82, 2.24) is 9.78 Å². The van der Waals surface area contributed by atoms with Gasteiger partial charge in [0.25, 0.3) is 0 Å². The fourth-order valence-corrected chi connectivity index (χ4v) is 3.55. The van der Waals surface area contributed by atoms with Crippen LogP contribution in [0.2, 0.25) is 0 Å². The summed E-state index contributed by atoms with van der Waals surface area (Å²) >= 11 is 0. The summed E-state index contributed by atoms with van der Waals surface area (Å²) in [5.41, 5.74) is 4.63. The summed E-state index contributed by atoms with van der Waals surface area (Å²) in [6.45, 7) is 0.363. The van der Waals surface area contributed by atoms with E-state index in [9.17, 15) is 4.39 Å². The molecule has 5 aromatic rings. The lowest BCUT2D eigenvalue weighted by Crippen LogP contribution is -1.97. The minimum Gasteiger partial charge on any atom is -0.489 e. The van der Waals surface area contributed by atoms with Gasteiger partial charge in [0, 0.05) is 17.8 Å². The maximum absolute atomic E-state index is 13.1. The van der Waals surface area contributed by atoms with Crippen LogP contribution in [0.15, 0.2) is 120 Å². The number of nitrogens with zero attached hydrogens (tertiary/aromatic N) is 3. The molecule has 4 nitrogen and oxygen atoms in total. The van der Waals surface area contributed by atoms with Crippen molar-refractivity contribution in [2.45, 2.75) is 6.61 Å². The van der Waals surface area contributed by atoms with Crippen molar-refractivity contribution in [3.8, 4) is 22.7 Å². The van der Waals surface area contributed by atoms with Crippen molar-refractivity contribution in [3.05, 3.63) is 132 Å². The molecule has 0 unspecified atom stereocenters. The predicted octanol–water partition coefficient (Wildman–Crippen LogP) is 7.01. The first-order valence-electron chi connectivity index (χ1n) is 11.0. The summed E-state index contributed by atoms with van der Waals surface area (Å²) in [6.07, 6.45) is 1.80. The predicted molar refractivity (Wildman–Crippen MR) is 133 cm³/mol. The summed E-state index contributed by atoms with van der Waals surface area (Å²) in [7, 11) is 0. The lowest BCUT2D eigenvalue weighted by Gasteiger charge is -2.07. The lowest BCUT2D eigenvalue weighted by molar-refractivity contribution is 0.306. The molecule has 0 aliphatic heterocycles. The highest BCUT2D eigenvalue weighted by atomic mass is 19.1. The summed E-state index contributed by atoms with van der Waals surface area (Å²) < 4.78 is 20.8. The zero-order valence-electron chi connectivity index (χ0n) is 18.4. The average molecular weight is 448 g/mol. The summed E-state index contributed by atoms with van der Waals surface area (Å²) in [5, 5.41) is 4.80. The quantitative estimate of drug-likeness (QED) is 0.252. The highest BCUT2D eigenvalue weighted by Gasteiger charge is 2.10. The second-order valence-electron chi connectivity index (χ2n) is 7.75. The van der Waals surface area contributed by atoms with Gasteiger partial charge in [0.05, 0.1) is 11.4 Å². The number of para-hydroxylation sites is 1. The number of ether oxygens (including phenoxy) is 1. The van der Waals surface area contributed by atoms with Crippen molar-refractivity contribution >= 4 is 12.0 Å². The molecule has 5 rings (SSSR count). The van der Waals surface area contributed by atoms with E-state index in [1.807, 2.05) is 95.7 Å². The van der Waals surface area contributed by atoms with Crippen LogP contribution in [-0.2, 0) is 6.61 Å². The first kappa shape index (κ1) is 21.3. The molecule has 0 spiro atoms. The van der Waals surface area contributed by atoms with Gasteiger partial charge in [-0.25, -0.2) is 14.1 Å². The smallest absolute Gasteiger partial charge is 0.156 e.